The highest BCUT2D eigenvalue weighted by Gasteiger charge is 2.32. The van der Waals surface area contributed by atoms with Crippen molar-refractivity contribution in [3.05, 3.63) is 93.7 Å². The molecule has 3 aromatic rings. The molecule has 0 radical (unpaired) electrons. The van der Waals surface area contributed by atoms with Gasteiger partial charge in [0.2, 0.25) is 0 Å². The molecule has 0 aliphatic carbocycles. The van der Waals surface area contributed by atoms with E-state index in [9.17, 15) is 9.90 Å². The van der Waals surface area contributed by atoms with Gasteiger partial charge in [0.25, 0.3) is 5.56 Å². The Kier molecular flexibility index (Phi) is 6.52. The second kappa shape index (κ2) is 9.48. The van der Waals surface area contributed by atoms with Crippen LogP contribution in [0.1, 0.15) is 48.3 Å². The van der Waals surface area contributed by atoms with Crippen LogP contribution in [-0.4, -0.2) is 32.6 Å². The van der Waals surface area contributed by atoms with Gasteiger partial charge in [0, 0.05) is 18.4 Å². The number of aromatic nitrogens is 2. The molecule has 2 aromatic heterocycles. The number of rotatable bonds is 6. The van der Waals surface area contributed by atoms with Crippen LogP contribution in [-0.2, 0) is 13.0 Å². The lowest BCUT2D eigenvalue weighted by molar-refractivity contribution is 0.146. The van der Waals surface area contributed by atoms with Crippen molar-refractivity contribution < 1.29 is 5.11 Å². The van der Waals surface area contributed by atoms with Gasteiger partial charge in [-0.15, -0.1) is 0 Å². The first-order valence-corrected chi connectivity index (χ1v) is 11.2. The van der Waals surface area contributed by atoms with Crippen molar-refractivity contribution >= 4 is 0 Å². The maximum absolute atomic E-state index is 13.4. The molecule has 0 saturated carbocycles. The number of hydrogen-bond acceptors (Lipinski definition) is 4. The molecule has 5 nitrogen and oxygen atoms in total. The maximum atomic E-state index is 13.4. The molecule has 1 aliphatic rings. The molecule has 1 aliphatic heterocycles. The largest absolute Gasteiger partial charge is 0.507 e. The molecule has 1 N–H and O–H groups in total. The van der Waals surface area contributed by atoms with Gasteiger partial charge in [-0.1, -0.05) is 36.4 Å². The van der Waals surface area contributed by atoms with E-state index in [4.69, 9.17) is 0 Å². The van der Waals surface area contributed by atoms with Gasteiger partial charge in [-0.3, -0.25) is 14.7 Å². The topological polar surface area (TPSA) is 58.4 Å². The first-order valence-electron chi connectivity index (χ1n) is 11.2. The highest BCUT2D eigenvalue weighted by molar-refractivity contribution is 5.39. The van der Waals surface area contributed by atoms with Gasteiger partial charge >= 0.3 is 0 Å². The zero-order valence-corrected chi connectivity index (χ0v) is 18.4. The van der Waals surface area contributed by atoms with E-state index in [2.05, 4.69) is 40.2 Å². The van der Waals surface area contributed by atoms with Gasteiger partial charge in [0.05, 0.1) is 17.3 Å². The van der Waals surface area contributed by atoms with Crippen LogP contribution in [0.2, 0.25) is 0 Å². The average Bonchev–Trinajstić information content (AvgIpc) is 2.79. The second-order valence-corrected chi connectivity index (χ2v) is 8.46. The maximum Gasteiger partial charge on any atom is 0.259 e. The minimum atomic E-state index is -0.343. The van der Waals surface area contributed by atoms with Gasteiger partial charge in [0.15, 0.2) is 0 Å². The minimum Gasteiger partial charge on any atom is -0.507 e. The molecule has 0 spiro atoms. The fourth-order valence-electron chi connectivity index (χ4n) is 4.84. The SMILES string of the molecule is CCn1c(C)cc(O)c([C@@H](c2ccccn2)N2CCC(Cc3ccccc3)CC2)c1=O. The summed E-state index contributed by atoms with van der Waals surface area (Å²) in [5, 5.41) is 10.8. The van der Waals surface area contributed by atoms with Crippen LogP contribution in [0.3, 0.4) is 0 Å². The van der Waals surface area contributed by atoms with E-state index in [1.807, 2.05) is 32.0 Å². The summed E-state index contributed by atoms with van der Waals surface area (Å²) in [4.78, 5) is 20.2. The lowest BCUT2D eigenvalue weighted by atomic mass is 9.88. The normalized spacial score (nSPS) is 16.3. The molecular weight excluding hydrogens is 386 g/mol. The van der Waals surface area contributed by atoms with Crippen LogP contribution in [0.5, 0.6) is 5.75 Å². The molecule has 0 unspecified atom stereocenters. The Morgan fingerprint density at radius 2 is 1.81 bits per heavy atom. The number of piperidine rings is 1. The number of aryl methyl sites for hydroxylation is 1. The summed E-state index contributed by atoms with van der Waals surface area (Å²) in [6, 6.07) is 17.8. The standard InChI is InChI=1S/C26H31N3O2/c1-3-29-19(2)17-23(30)24(26(29)31)25(22-11-7-8-14-27-22)28-15-12-21(13-16-28)18-20-9-5-4-6-10-20/h4-11,14,17,21,25,30H,3,12-13,15-16,18H2,1-2H3/t25-/m1/s1. The summed E-state index contributed by atoms with van der Waals surface area (Å²) in [6.07, 6.45) is 4.97. The average molecular weight is 418 g/mol. The molecule has 1 atom stereocenters. The Hall–Kier alpha value is -2.92. The Labute approximate surface area is 184 Å². The summed E-state index contributed by atoms with van der Waals surface area (Å²) in [6.45, 7) is 6.14. The molecule has 0 bridgehead atoms. The predicted molar refractivity (Wildman–Crippen MR) is 123 cm³/mol. The van der Waals surface area contributed by atoms with Crippen molar-refractivity contribution in [1.82, 2.24) is 14.5 Å². The first-order chi connectivity index (χ1) is 15.1. The van der Waals surface area contributed by atoms with Crippen LogP contribution in [0, 0.1) is 12.8 Å². The molecule has 4 rings (SSSR count). The number of aromatic hydroxyl groups is 1. The summed E-state index contributed by atoms with van der Waals surface area (Å²) in [5.74, 6) is 0.691. The molecule has 0 amide bonds. The summed E-state index contributed by atoms with van der Waals surface area (Å²) in [5.41, 5.74) is 3.27. The number of benzene rings is 1. The van der Waals surface area contributed by atoms with Gasteiger partial charge in [-0.05, 0) is 75.9 Å². The summed E-state index contributed by atoms with van der Waals surface area (Å²) < 4.78 is 1.73. The molecule has 1 saturated heterocycles. The predicted octanol–water partition coefficient (Wildman–Crippen LogP) is 4.32. The third-order valence-electron chi connectivity index (χ3n) is 6.46. The monoisotopic (exact) mass is 417 g/mol. The Morgan fingerprint density at radius 1 is 1.10 bits per heavy atom. The number of pyridine rings is 2. The summed E-state index contributed by atoms with van der Waals surface area (Å²) >= 11 is 0. The van der Waals surface area contributed by atoms with Crippen LogP contribution < -0.4 is 5.56 Å². The van der Waals surface area contributed by atoms with Gasteiger partial charge in [0.1, 0.15) is 5.75 Å². The fraction of sp³-hybridized carbons (Fsp3) is 0.385. The van der Waals surface area contributed by atoms with E-state index >= 15 is 0 Å². The smallest absolute Gasteiger partial charge is 0.259 e. The van der Waals surface area contributed by atoms with Crippen molar-refractivity contribution in [1.29, 1.82) is 0 Å². The third-order valence-corrected chi connectivity index (χ3v) is 6.46. The highest BCUT2D eigenvalue weighted by atomic mass is 16.3. The number of likely N-dealkylation sites (tertiary alicyclic amines) is 1. The molecule has 1 aromatic carbocycles. The number of nitrogens with zero attached hydrogens (tertiary/aromatic N) is 3. The lowest BCUT2D eigenvalue weighted by Crippen LogP contribution is -2.41. The van der Waals surface area contributed by atoms with Crippen LogP contribution in [0.4, 0.5) is 0 Å². The van der Waals surface area contributed by atoms with E-state index in [1.54, 1.807) is 16.8 Å². The second-order valence-electron chi connectivity index (χ2n) is 8.46. The fourth-order valence-corrected chi connectivity index (χ4v) is 4.84. The van der Waals surface area contributed by atoms with Crippen molar-refractivity contribution in [3.63, 3.8) is 0 Å². The molecule has 162 valence electrons. The van der Waals surface area contributed by atoms with Crippen molar-refractivity contribution in [2.45, 2.75) is 45.7 Å². The van der Waals surface area contributed by atoms with Gasteiger partial charge < -0.3 is 9.67 Å². The number of hydrogen-bond donors (Lipinski definition) is 1. The van der Waals surface area contributed by atoms with E-state index in [-0.39, 0.29) is 17.4 Å². The van der Waals surface area contributed by atoms with E-state index in [1.165, 1.54) is 5.56 Å². The molecule has 3 heterocycles. The Morgan fingerprint density at radius 3 is 2.45 bits per heavy atom. The van der Waals surface area contributed by atoms with Crippen molar-refractivity contribution in [2.24, 2.45) is 5.92 Å². The zero-order chi connectivity index (χ0) is 21.8. The molecular formula is C26H31N3O2. The van der Waals surface area contributed by atoms with E-state index in [0.29, 0.717) is 18.0 Å². The molecule has 5 heteroatoms. The third kappa shape index (κ3) is 4.57. The van der Waals surface area contributed by atoms with Crippen LogP contribution in [0.25, 0.3) is 0 Å². The Bertz CT molecular complexity index is 1060. The van der Waals surface area contributed by atoms with Crippen molar-refractivity contribution in [3.8, 4) is 5.75 Å². The Balaban J connectivity index is 1.63. The summed E-state index contributed by atoms with van der Waals surface area (Å²) in [7, 11) is 0. The first kappa shape index (κ1) is 21.3. The highest BCUT2D eigenvalue weighted by Crippen LogP contribution is 2.35. The molecule has 31 heavy (non-hydrogen) atoms. The van der Waals surface area contributed by atoms with Crippen LogP contribution in [0.15, 0.2) is 65.6 Å². The van der Waals surface area contributed by atoms with Crippen LogP contribution >= 0.6 is 0 Å². The van der Waals surface area contributed by atoms with E-state index < -0.39 is 0 Å². The van der Waals surface area contributed by atoms with Crippen molar-refractivity contribution in [2.75, 3.05) is 13.1 Å². The molecule has 1 fully saturated rings. The minimum absolute atomic E-state index is 0.0641. The van der Waals surface area contributed by atoms with E-state index in [0.717, 1.165) is 43.7 Å². The van der Waals surface area contributed by atoms with Gasteiger partial charge in [-0.2, -0.15) is 0 Å². The van der Waals surface area contributed by atoms with Gasteiger partial charge in [-0.25, -0.2) is 0 Å². The quantitative estimate of drug-likeness (QED) is 0.649. The zero-order valence-electron chi connectivity index (χ0n) is 18.4. The lowest BCUT2D eigenvalue weighted by Gasteiger charge is -2.37.